The number of amides is 3. The Bertz CT molecular complexity index is 784. The molecule has 9 N–H and O–H groups in total. The fourth-order valence-corrected chi connectivity index (χ4v) is 2.43. The lowest BCUT2D eigenvalue weighted by Gasteiger charge is -2.23. The van der Waals surface area contributed by atoms with Gasteiger partial charge in [0.05, 0.1) is 12.7 Å². The highest BCUT2D eigenvalue weighted by Gasteiger charge is 2.29. The van der Waals surface area contributed by atoms with Crippen LogP contribution in [0.15, 0.2) is 24.3 Å². The van der Waals surface area contributed by atoms with E-state index in [1.54, 1.807) is 0 Å². The molecule has 0 fully saturated rings. The van der Waals surface area contributed by atoms with E-state index in [1.807, 2.05) is 0 Å². The van der Waals surface area contributed by atoms with Gasteiger partial charge in [0.15, 0.2) is 0 Å². The molecule has 12 nitrogen and oxygen atoms in total. The van der Waals surface area contributed by atoms with Gasteiger partial charge in [0.25, 0.3) is 0 Å². The zero-order valence-corrected chi connectivity index (χ0v) is 17.1. The van der Waals surface area contributed by atoms with Crippen molar-refractivity contribution in [2.75, 3.05) is 6.61 Å². The molecule has 0 bridgehead atoms. The molecule has 0 saturated heterocycles. The molecule has 0 heterocycles. The van der Waals surface area contributed by atoms with E-state index in [9.17, 15) is 39.6 Å². The van der Waals surface area contributed by atoms with Gasteiger partial charge in [0, 0.05) is 6.42 Å². The lowest BCUT2D eigenvalue weighted by Crippen LogP contribution is -2.58. The van der Waals surface area contributed by atoms with Crippen molar-refractivity contribution in [1.82, 2.24) is 16.0 Å². The summed E-state index contributed by atoms with van der Waals surface area (Å²) >= 11 is 0. The van der Waals surface area contributed by atoms with Gasteiger partial charge in [-0.3, -0.25) is 14.4 Å². The molecule has 12 heteroatoms. The van der Waals surface area contributed by atoms with Crippen molar-refractivity contribution in [3.8, 4) is 5.75 Å². The normalized spacial score (nSPS) is 15.6. The quantitative estimate of drug-likeness (QED) is 0.178. The Balaban J connectivity index is 2.73. The predicted molar refractivity (Wildman–Crippen MR) is 108 cm³/mol. The van der Waals surface area contributed by atoms with Crippen LogP contribution in [0.3, 0.4) is 0 Å². The topological polar surface area (TPSA) is 211 Å². The van der Waals surface area contributed by atoms with E-state index in [1.165, 1.54) is 38.1 Å². The van der Waals surface area contributed by atoms with Gasteiger partial charge >= 0.3 is 5.97 Å². The highest BCUT2D eigenvalue weighted by Crippen LogP contribution is 2.11. The highest BCUT2D eigenvalue weighted by molar-refractivity contribution is 5.94. The van der Waals surface area contributed by atoms with Crippen LogP contribution in [0.2, 0.25) is 0 Å². The third kappa shape index (κ3) is 8.20. The van der Waals surface area contributed by atoms with E-state index in [0.717, 1.165) is 0 Å². The smallest absolute Gasteiger partial charge is 0.326 e. The minimum Gasteiger partial charge on any atom is -0.508 e. The monoisotopic (exact) mass is 440 g/mol. The molecule has 0 aromatic heterocycles. The minimum absolute atomic E-state index is 0.00155. The van der Waals surface area contributed by atoms with Crippen molar-refractivity contribution in [2.24, 2.45) is 5.73 Å². The zero-order valence-electron chi connectivity index (χ0n) is 17.1. The van der Waals surface area contributed by atoms with E-state index in [0.29, 0.717) is 5.56 Å². The number of aromatic hydroxyl groups is 1. The summed E-state index contributed by atoms with van der Waals surface area (Å²) in [7, 11) is 0. The van der Waals surface area contributed by atoms with Gasteiger partial charge in [-0.2, -0.15) is 0 Å². The number of phenols is 1. The van der Waals surface area contributed by atoms with Gasteiger partial charge in [-0.15, -0.1) is 0 Å². The number of nitrogens with two attached hydrogens (primary N) is 1. The van der Waals surface area contributed by atoms with Crippen LogP contribution >= 0.6 is 0 Å². The molecule has 0 saturated carbocycles. The number of rotatable bonds is 11. The highest BCUT2D eigenvalue weighted by atomic mass is 16.4. The van der Waals surface area contributed by atoms with Crippen molar-refractivity contribution >= 4 is 23.7 Å². The summed E-state index contributed by atoms with van der Waals surface area (Å²) in [5.74, 6) is -3.90. The average molecular weight is 440 g/mol. The van der Waals surface area contributed by atoms with Crippen molar-refractivity contribution < 1.29 is 39.6 Å². The number of carboxylic acids is 1. The molecule has 0 aliphatic heterocycles. The van der Waals surface area contributed by atoms with Crippen molar-refractivity contribution in [3.05, 3.63) is 29.8 Å². The van der Waals surface area contributed by atoms with Crippen LogP contribution in [-0.4, -0.2) is 81.0 Å². The Morgan fingerprint density at radius 3 is 1.97 bits per heavy atom. The van der Waals surface area contributed by atoms with Gasteiger partial charge in [0.1, 0.15) is 29.9 Å². The Morgan fingerprint density at radius 2 is 1.48 bits per heavy atom. The number of hydrogen-bond acceptors (Lipinski definition) is 8. The minimum atomic E-state index is -1.47. The van der Waals surface area contributed by atoms with Crippen LogP contribution in [-0.2, 0) is 25.6 Å². The average Bonchev–Trinajstić information content (AvgIpc) is 2.71. The molecular formula is C19H28N4O8. The van der Waals surface area contributed by atoms with Crippen LogP contribution in [0.1, 0.15) is 19.4 Å². The molecule has 0 radical (unpaired) electrons. The first-order chi connectivity index (χ1) is 14.5. The van der Waals surface area contributed by atoms with Crippen molar-refractivity contribution in [1.29, 1.82) is 0 Å². The number of nitrogens with one attached hydrogen (secondary N) is 3. The van der Waals surface area contributed by atoms with E-state index in [2.05, 4.69) is 16.0 Å². The van der Waals surface area contributed by atoms with E-state index < -0.39 is 60.6 Å². The molecule has 5 unspecified atom stereocenters. The molecule has 0 spiro atoms. The first-order valence-corrected chi connectivity index (χ1v) is 9.42. The maximum absolute atomic E-state index is 12.4. The summed E-state index contributed by atoms with van der Waals surface area (Å²) < 4.78 is 0. The first-order valence-electron chi connectivity index (χ1n) is 9.42. The van der Waals surface area contributed by atoms with E-state index >= 15 is 0 Å². The van der Waals surface area contributed by atoms with Crippen LogP contribution < -0.4 is 21.7 Å². The summed E-state index contributed by atoms with van der Waals surface area (Å²) in [6.45, 7) is 1.79. The number of carboxylic acid groups (broad SMARTS) is 1. The van der Waals surface area contributed by atoms with Gasteiger partial charge in [-0.05, 0) is 31.5 Å². The van der Waals surface area contributed by atoms with Gasteiger partial charge in [-0.1, -0.05) is 12.1 Å². The lowest BCUT2D eigenvalue weighted by atomic mass is 10.1. The van der Waals surface area contributed by atoms with Crippen molar-refractivity contribution in [3.63, 3.8) is 0 Å². The fraction of sp³-hybridized carbons (Fsp3) is 0.474. The third-order valence-electron chi connectivity index (χ3n) is 4.38. The maximum Gasteiger partial charge on any atom is 0.326 e. The number of hydrogen-bond donors (Lipinski definition) is 8. The maximum atomic E-state index is 12.4. The summed E-state index contributed by atoms with van der Waals surface area (Å²) in [5, 5.41) is 44.1. The second-order valence-corrected chi connectivity index (χ2v) is 7.01. The first kappa shape index (κ1) is 25.8. The predicted octanol–water partition coefficient (Wildman–Crippen LogP) is -2.81. The Morgan fingerprint density at radius 1 is 0.935 bits per heavy atom. The van der Waals surface area contributed by atoms with Crippen LogP contribution in [0.4, 0.5) is 0 Å². The zero-order chi connectivity index (χ0) is 23.7. The standard InChI is InChI=1S/C19H28N4O8/c1-9(21-18(29)15(20)10(2)25)16(27)23-14(8-24)17(28)22-13(19(30)31)7-11-3-5-12(26)6-4-11/h3-6,9-10,13-15,24-26H,7-8,20H2,1-2H3,(H,21,29)(H,22,28)(H,23,27)(H,30,31). The Hall–Kier alpha value is -3.22. The number of aliphatic hydroxyl groups excluding tert-OH is 2. The molecule has 5 atom stereocenters. The number of benzene rings is 1. The number of aliphatic hydroxyl groups is 2. The Labute approximate surface area is 178 Å². The molecule has 1 aromatic carbocycles. The number of aliphatic carboxylic acids is 1. The van der Waals surface area contributed by atoms with Crippen LogP contribution in [0.5, 0.6) is 5.75 Å². The third-order valence-corrected chi connectivity index (χ3v) is 4.38. The summed E-state index contributed by atoms with van der Waals surface area (Å²) in [6.07, 6.45) is -1.25. The summed E-state index contributed by atoms with van der Waals surface area (Å²) in [5.41, 5.74) is 6.00. The van der Waals surface area contributed by atoms with Gasteiger partial charge < -0.3 is 42.1 Å². The number of phenolic OH excluding ortho intramolecular Hbond substituents is 1. The molecule has 3 amide bonds. The largest absolute Gasteiger partial charge is 0.508 e. The molecular weight excluding hydrogens is 412 g/mol. The number of carbonyl (C=O) groups is 4. The second kappa shape index (κ2) is 11.8. The SMILES string of the molecule is CC(NC(=O)C(N)C(C)O)C(=O)NC(CO)C(=O)NC(Cc1ccc(O)cc1)C(=O)O. The molecule has 1 rings (SSSR count). The molecule has 1 aromatic rings. The summed E-state index contributed by atoms with van der Waals surface area (Å²) in [4.78, 5) is 47.9. The Kier molecular flexibility index (Phi) is 9.86. The molecule has 0 aliphatic carbocycles. The summed E-state index contributed by atoms with van der Waals surface area (Å²) in [6, 6.07) is 0.478. The van der Waals surface area contributed by atoms with Crippen LogP contribution in [0, 0.1) is 0 Å². The second-order valence-electron chi connectivity index (χ2n) is 7.01. The fourth-order valence-electron chi connectivity index (χ4n) is 2.43. The number of carbonyl (C=O) groups excluding carboxylic acids is 3. The van der Waals surface area contributed by atoms with Gasteiger partial charge in [-0.25, -0.2) is 4.79 Å². The molecule has 31 heavy (non-hydrogen) atoms. The van der Waals surface area contributed by atoms with Crippen molar-refractivity contribution in [2.45, 2.75) is 50.5 Å². The van der Waals surface area contributed by atoms with Gasteiger partial charge in [0.2, 0.25) is 17.7 Å². The lowest BCUT2D eigenvalue weighted by molar-refractivity contribution is -0.142. The van der Waals surface area contributed by atoms with E-state index in [4.69, 9.17) is 5.73 Å². The van der Waals surface area contributed by atoms with E-state index in [-0.39, 0.29) is 12.2 Å². The molecule has 172 valence electrons. The molecule has 0 aliphatic rings. The van der Waals surface area contributed by atoms with Crippen LogP contribution in [0.25, 0.3) is 0 Å².